The molecule has 1 atom stereocenters. The third-order valence-corrected chi connectivity index (χ3v) is 5.66. The van der Waals surface area contributed by atoms with Gasteiger partial charge in [-0.3, -0.25) is 19.3 Å². The molecule has 8 heteroatoms. The lowest BCUT2D eigenvalue weighted by Gasteiger charge is -2.48. The molecule has 30 heavy (non-hydrogen) atoms. The highest BCUT2D eigenvalue weighted by atomic mass is 16.5. The maximum Gasteiger partial charge on any atom is 0.271 e. The minimum absolute atomic E-state index is 0.174. The van der Waals surface area contributed by atoms with Gasteiger partial charge in [0.1, 0.15) is 11.5 Å². The molecule has 1 saturated heterocycles. The number of likely N-dealkylation sites (N-methyl/N-ethyl adjacent to an activating group) is 1. The van der Waals surface area contributed by atoms with E-state index in [-0.39, 0.29) is 31.2 Å². The van der Waals surface area contributed by atoms with Gasteiger partial charge in [0.2, 0.25) is 11.6 Å². The van der Waals surface area contributed by atoms with Crippen LogP contribution in [-0.4, -0.2) is 49.0 Å². The van der Waals surface area contributed by atoms with E-state index in [2.05, 4.69) is 5.32 Å². The van der Waals surface area contributed by atoms with Gasteiger partial charge in [-0.15, -0.1) is 0 Å². The molecule has 156 valence electrons. The number of nitrogens with one attached hydrogen (secondary N) is 1. The Labute approximate surface area is 174 Å². The van der Waals surface area contributed by atoms with Gasteiger partial charge < -0.3 is 19.7 Å². The van der Waals surface area contributed by atoms with Crippen LogP contribution in [0.5, 0.6) is 11.5 Å². The Hall–Kier alpha value is -3.55. The fourth-order valence-electron chi connectivity index (χ4n) is 4.32. The number of hydrogen-bond donors (Lipinski definition) is 1. The number of anilines is 2. The molecule has 0 spiro atoms. The summed E-state index contributed by atoms with van der Waals surface area (Å²) in [5.74, 6) is 0.121. The van der Waals surface area contributed by atoms with Crippen LogP contribution in [-0.2, 0) is 9.59 Å². The number of nitrogens with zero attached hydrogens (tertiary/aromatic N) is 2. The Kier molecular flexibility index (Phi) is 4.85. The zero-order valence-electron chi connectivity index (χ0n) is 17.1. The van der Waals surface area contributed by atoms with Crippen molar-refractivity contribution in [3.05, 3.63) is 48.0 Å². The second kappa shape index (κ2) is 7.37. The van der Waals surface area contributed by atoms with Crippen LogP contribution in [0, 0.1) is 0 Å². The lowest BCUT2D eigenvalue weighted by atomic mass is 9.95. The van der Waals surface area contributed by atoms with E-state index < -0.39 is 11.6 Å². The number of rotatable bonds is 5. The molecular weight excluding hydrogens is 386 g/mol. The normalized spacial score (nSPS) is 20.0. The smallest absolute Gasteiger partial charge is 0.271 e. The molecule has 3 amide bonds. The van der Waals surface area contributed by atoms with Crippen LogP contribution >= 0.6 is 0 Å². The molecule has 0 bridgehead atoms. The molecule has 2 aliphatic rings. The van der Waals surface area contributed by atoms with Gasteiger partial charge in [0, 0.05) is 43.3 Å². The second-order valence-corrected chi connectivity index (χ2v) is 7.17. The number of carbonyl (C=O) groups excluding carboxylic acids is 3. The Bertz CT molecular complexity index is 1010. The van der Waals surface area contributed by atoms with Gasteiger partial charge in [-0.25, -0.2) is 0 Å². The summed E-state index contributed by atoms with van der Waals surface area (Å²) in [7, 11) is 3.04. The molecule has 1 fully saturated rings. The highest BCUT2D eigenvalue weighted by Crippen LogP contribution is 2.45. The molecule has 2 aliphatic heterocycles. The zero-order valence-corrected chi connectivity index (χ0v) is 17.1. The van der Waals surface area contributed by atoms with Crippen LogP contribution in [0.2, 0.25) is 0 Å². The highest BCUT2D eigenvalue weighted by molar-refractivity contribution is 6.18. The molecule has 0 aromatic heterocycles. The minimum Gasteiger partial charge on any atom is -0.497 e. The van der Waals surface area contributed by atoms with Crippen molar-refractivity contribution >= 4 is 29.1 Å². The van der Waals surface area contributed by atoms with Gasteiger partial charge in [-0.1, -0.05) is 12.1 Å². The molecule has 0 aliphatic carbocycles. The lowest BCUT2D eigenvalue weighted by molar-refractivity contribution is -0.128. The second-order valence-electron chi connectivity index (χ2n) is 7.17. The van der Waals surface area contributed by atoms with E-state index in [0.29, 0.717) is 28.4 Å². The molecule has 2 aromatic rings. The first-order valence-corrected chi connectivity index (χ1v) is 9.74. The minimum atomic E-state index is -1.42. The maximum absolute atomic E-state index is 13.7. The first kappa shape index (κ1) is 19.8. The number of para-hydroxylation sites is 1. The summed E-state index contributed by atoms with van der Waals surface area (Å²) < 4.78 is 10.5. The summed E-state index contributed by atoms with van der Waals surface area (Å²) in [6.07, 6.45) is 0.389. The SMILES string of the molecule is CCN1C(=O)c2ccccc2N2C(=O)CC[C@@]12C(=O)Nc1cc(OC)cc(OC)c1. The number of ether oxygens (including phenoxy) is 2. The summed E-state index contributed by atoms with van der Waals surface area (Å²) >= 11 is 0. The molecule has 1 N–H and O–H groups in total. The Morgan fingerprint density at radius 3 is 2.40 bits per heavy atom. The van der Waals surface area contributed by atoms with Gasteiger partial charge in [-0.05, 0) is 19.1 Å². The van der Waals surface area contributed by atoms with Crippen molar-refractivity contribution in [1.82, 2.24) is 4.90 Å². The summed E-state index contributed by atoms with van der Waals surface area (Å²) in [4.78, 5) is 42.7. The molecular formula is C22H23N3O5. The van der Waals surface area contributed by atoms with Crippen molar-refractivity contribution in [2.75, 3.05) is 31.0 Å². The quantitative estimate of drug-likeness (QED) is 0.820. The van der Waals surface area contributed by atoms with E-state index in [1.165, 1.54) is 24.0 Å². The van der Waals surface area contributed by atoms with Gasteiger partial charge in [0.05, 0.1) is 25.5 Å². The number of benzene rings is 2. The maximum atomic E-state index is 13.7. The van der Waals surface area contributed by atoms with Crippen LogP contribution in [0.25, 0.3) is 0 Å². The van der Waals surface area contributed by atoms with E-state index in [1.54, 1.807) is 49.4 Å². The molecule has 8 nitrogen and oxygen atoms in total. The van der Waals surface area contributed by atoms with Gasteiger partial charge in [-0.2, -0.15) is 0 Å². The fraction of sp³-hybridized carbons (Fsp3) is 0.318. The summed E-state index contributed by atoms with van der Waals surface area (Å²) in [5, 5.41) is 2.87. The number of amides is 3. The third-order valence-electron chi connectivity index (χ3n) is 5.66. The number of fused-ring (bicyclic) bond motifs is 3. The van der Waals surface area contributed by atoms with E-state index in [4.69, 9.17) is 9.47 Å². The first-order chi connectivity index (χ1) is 14.5. The van der Waals surface area contributed by atoms with Crippen LogP contribution < -0.4 is 19.7 Å². The van der Waals surface area contributed by atoms with Crippen molar-refractivity contribution in [3.8, 4) is 11.5 Å². The Morgan fingerprint density at radius 2 is 1.77 bits per heavy atom. The zero-order chi connectivity index (χ0) is 21.5. The predicted molar refractivity (Wildman–Crippen MR) is 111 cm³/mol. The van der Waals surface area contributed by atoms with Crippen molar-refractivity contribution in [1.29, 1.82) is 0 Å². The largest absolute Gasteiger partial charge is 0.497 e. The van der Waals surface area contributed by atoms with Crippen molar-refractivity contribution < 1.29 is 23.9 Å². The molecule has 2 aromatic carbocycles. The Morgan fingerprint density at radius 1 is 1.10 bits per heavy atom. The van der Waals surface area contributed by atoms with Crippen molar-refractivity contribution in [2.45, 2.75) is 25.4 Å². The van der Waals surface area contributed by atoms with Gasteiger partial charge >= 0.3 is 0 Å². The van der Waals surface area contributed by atoms with E-state index >= 15 is 0 Å². The fourth-order valence-corrected chi connectivity index (χ4v) is 4.32. The lowest BCUT2D eigenvalue weighted by Crippen LogP contribution is -2.69. The summed E-state index contributed by atoms with van der Waals surface area (Å²) in [6, 6.07) is 11.9. The number of methoxy groups -OCH3 is 2. The van der Waals surface area contributed by atoms with Crippen LogP contribution in [0.1, 0.15) is 30.1 Å². The molecule has 0 saturated carbocycles. The van der Waals surface area contributed by atoms with Crippen LogP contribution in [0.4, 0.5) is 11.4 Å². The standard InChI is InChI=1S/C22H23N3O5/c1-4-24-20(27)17-7-5-6-8-18(17)25-19(26)9-10-22(24,25)21(28)23-14-11-15(29-2)13-16(12-14)30-3/h5-8,11-13H,4,9-10H2,1-3H3,(H,23,28)/t22-/m1/s1. The monoisotopic (exact) mass is 409 g/mol. The van der Waals surface area contributed by atoms with Gasteiger partial charge in [0.25, 0.3) is 11.8 Å². The molecule has 0 unspecified atom stereocenters. The summed E-state index contributed by atoms with van der Waals surface area (Å²) in [6.45, 7) is 2.09. The number of carbonyl (C=O) groups is 3. The summed E-state index contributed by atoms with van der Waals surface area (Å²) in [5.41, 5.74) is -0.0884. The first-order valence-electron chi connectivity index (χ1n) is 9.74. The third kappa shape index (κ3) is 2.79. The van der Waals surface area contributed by atoms with Crippen LogP contribution in [0.15, 0.2) is 42.5 Å². The predicted octanol–water partition coefficient (Wildman–Crippen LogP) is 2.64. The van der Waals surface area contributed by atoms with Crippen molar-refractivity contribution in [3.63, 3.8) is 0 Å². The molecule has 4 rings (SSSR count). The highest BCUT2D eigenvalue weighted by Gasteiger charge is 2.60. The van der Waals surface area contributed by atoms with E-state index in [0.717, 1.165) is 0 Å². The van der Waals surface area contributed by atoms with Gasteiger partial charge in [0.15, 0.2) is 0 Å². The average Bonchev–Trinajstić information content (AvgIpc) is 3.12. The molecule has 0 radical (unpaired) electrons. The molecule has 2 heterocycles. The Balaban J connectivity index is 1.80. The van der Waals surface area contributed by atoms with Crippen molar-refractivity contribution in [2.24, 2.45) is 0 Å². The van der Waals surface area contributed by atoms with Crippen LogP contribution in [0.3, 0.4) is 0 Å². The number of hydrogen-bond acceptors (Lipinski definition) is 5. The van der Waals surface area contributed by atoms with E-state index in [1.807, 2.05) is 0 Å². The van der Waals surface area contributed by atoms with E-state index in [9.17, 15) is 14.4 Å². The topological polar surface area (TPSA) is 88.2 Å². The average molecular weight is 409 g/mol.